The molecule has 4 heteroatoms. The molecule has 2 fully saturated rings. The Balaban J connectivity index is 2.06. The fraction of sp³-hybridized carbons (Fsp3) is 0.923. The average Bonchev–Trinajstić information content (AvgIpc) is 2.82. The second-order valence-corrected chi connectivity index (χ2v) is 7.08. The van der Waals surface area contributed by atoms with Crippen LogP contribution in [0, 0.1) is 5.41 Å². The van der Waals surface area contributed by atoms with Gasteiger partial charge in [-0.1, -0.05) is 19.3 Å². The molecule has 0 bridgehead atoms. The Kier molecular flexibility index (Phi) is 3.66. The van der Waals surface area contributed by atoms with Gasteiger partial charge in [-0.3, -0.25) is 4.79 Å². The predicted molar refractivity (Wildman–Crippen MR) is 71.4 cm³/mol. The van der Waals surface area contributed by atoms with Gasteiger partial charge in [0.05, 0.1) is 5.41 Å². The zero-order chi connectivity index (χ0) is 12.7. The van der Waals surface area contributed by atoms with E-state index in [2.05, 4.69) is 0 Å². The third kappa shape index (κ3) is 2.31. The van der Waals surface area contributed by atoms with Crippen molar-refractivity contribution in [3.05, 3.63) is 0 Å². The number of nitrogens with zero attached hydrogens (tertiary/aromatic N) is 1. The molecule has 0 spiro atoms. The van der Waals surface area contributed by atoms with E-state index in [4.69, 9.17) is 23.2 Å². The molecule has 0 N–H and O–H groups in total. The Bertz CT molecular complexity index is 313. The molecule has 0 aromatic carbocycles. The summed E-state index contributed by atoms with van der Waals surface area (Å²) in [4.78, 5) is 14.5. The minimum Gasteiger partial charge on any atom is -0.339 e. The normalized spacial score (nSPS) is 32.2. The van der Waals surface area contributed by atoms with Crippen molar-refractivity contribution in [1.29, 1.82) is 0 Å². The quantitative estimate of drug-likeness (QED) is 0.720. The molecule has 1 amide bonds. The van der Waals surface area contributed by atoms with E-state index in [9.17, 15) is 4.79 Å². The van der Waals surface area contributed by atoms with Crippen LogP contribution in [0.1, 0.15) is 52.4 Å². The van der Waals surface area contributed by atoms with E-state index < -0.39 is 9.75 Å². The monoisotopic (exact) mass is 277 g/mol. The summed E-state index contributed by atoms with van der Waals surface area (Å²) in [5.41, 5.74) is -0.552. The van der Waals surface area contributed by atoms with Crippen molar-refractivity contribution in [1.82, 2.24) is 4.90 Å². The number of carbonyl (C=O) groups is 1. The first-order valence-corrected chi connectivity index (χ1v) is 7.37. The van der Waals surface area contributed by atoms with Crippen molar-refractivity contribution < 1.29 is 4.79 Å². The van der Waals surface area contributed by atoms with Gasteiger partial charge in [-0.15, -0.1) is 23.2 Å². The third-order valence-electron chi connectivity index (χ3n) is 4.35. The average molecular weight is 278 g/mol. The van der Waals surface area contributed by atoms with Crippen molar-refractivity contribution in [2.24, 2.45) is 5.41 Å². The lowest BCUT2D eigenvalue weighted by Gasteiger charge is -2.35. The van der Waals surface area contributed by atoms with Gasteiger partial charge in [0.1, 0.15) is 4.33 Å². The van der Waals surface area contributed by atoms with E-state index in [1.165, 1.54) is 19.3 Å². The number of hydrogen-bond donors (Lipinski definition) is 0. The van der Waals surface area contributed by atoms with Gasteiger partial charge in [0.15, 0.2) is 0 Å². The van der Waals surface area contributed by atoms with Gasteiger partial charge in [0.2, 0.25) is 5.91 Å². The Morgan fingerprint density at radius 2 is 1.82 bits per heavy atom. The van der Waals surface area contributed by atoms with Gasteiger partial charge < -0.3 is 4.90 Å². The molecule has 1 atom stereocenters. The number of carbonyl (C=O) groups excluding carboxylic acids is 1. The summed E-state index contributed by atoms with van der Waals surface area (Å²) >= 11 is 12.2. The molecule has 17 heavy (non-hydrogen) atoms. The molecular weight excluding hydrogens is 257 g/mol. The summed E-state index contributed by atoms with van der Waals surface area (Å²) in [6.07, 6.45) is 6.62. The highest BCUT2D eigenvalue weighted by molar-refractivity contribution is 6.53. The largest absolute Gasteiger partial charge is 0.339 e. The van der Waals surface area contributed by atoms with Gasteiger partial charge in [-0.25, -0.2) is 0 Å². The predicted octanol–water partition coefficient (Wildman–Crippen LogP) is 3.75. The van der Waals surface area contributed by atoms with Crippen LogP contribution < -0.4 is 0 Å². The van der Waals surface area contributed by atoms with Gasteiger partial charge >= 0.3 is 0 Å². The number of halogens is 2. The van der Waals surface area contributed by atoms with Crippen molar-refractivity contribution >= 4 is 29.1 Å². The molecule has 98 valence electrons. The maximum Gasteiger partial charge on any atom is 0.231 e. The summed E-state index contributed by atoms with van der Waals surface area (Å²) in [5.74, 6) is 0.150. The molecular formula is C13H21Cl2NO. The van der Waals surface area contributed by atoms with Gasteiger partial charge in [0, 0.05) is 12.6 Å². The van der Waals surface area contributed by atoms with Crippen LogP contribution >= 0.6 is 23.2 Å². The lowest BCUT2D eigenvalue weighted by atomic mass is 9.93. The Morgan fingerprint density at radius 3 is 2.24 bits per heavy atom. The number of rotatable bonds is 3. The van der Waals surface area contributed by atoms with Crippen LogP contribution in [0.5, 0.6) is 0 Å². The molecule has 0 radical (unpaired) electrons. The lowest BCUT2D eigenvalue weighted by Crippen LogP contribution is -2.45. The summed E-state index contributed by atoms with van der Waals surface area (Å²) in [5, 5.41) is 0. The van der Waals surface area contributed by atoms with Crippen molar-refractivity contribution in [3.63, 3.8) is 0 Å². The van der Waals surface area contributed by atoms with Crippen LogP contribution in [-0.4, -0.2) is 27.7 Å². The highest BCUT2D eigenvalue weighted by atomic mass is 35.5. The maximum atomic E-state index is 12.5. The first kappa shape index (κ1) is 13.5. The standard InChI is InChI=1S/C13H21Cl2NO/c1-3-16(10-7-5-4-6-8-10)11(17)12(2)9-13(12,14)15/h10H,3-9H2,1-2H3. The second kappa shape index (κ2) is 4.62. The van der Waals surface area contributed by atoms with Crippen LogP contribution in [0.3, 0.4) is 0 Å². The fourth-order valence-corrected chi connectivity index (χ4v) is 3.61. The van der Waals surface area contributed by atoms with E-state index in [0.717, 1.165) is 19.4 Å². The highest BCUT2D eigenvalue weighted by Crippen LogP contribution is 2.64. The molecule has 0 saturated heterocycles. The van der Waals surface area contributed by atoms with Crippen LogP contribution in [0.4, 0.5) is 0 Å². The summed E-state index contributed by atoms with van der Waals surface area (Å²) in [7, 11) is 0. The maximum absolute atomic E-state index is 12.5. The zero-order valence-corrected chi connectivity index (χ0v) is 12.2. The summed E-state index contributed by atoms with van der Waals surface area (Å²) in [6, 6.07) is 0.405. The highest BCUT2D eigenvalue weighted by Gasteiger charge is 2.68. The first-order chi connectivity index (χ1) is 7.92. The van der Waals surface area contributed by atoms with Gasteiger partial charge in [-0.2, -0.15) is 0 Å². The Morgan fingerprint density at radius 1 is 1.29 bits per heavy atom. The molecule has 0 aromatic rings. The van der Waals surface area contributed by atoms with E-state index in [1.807, 2.05) is 18.7 Å². The van der Waals surface area contributed by atoms with E-state index >= 15 is 0 Å². The Hall–Kier alpha value is 0.0500. The molecule has 0 aliphatic heterocycles. The molecule has 1 unspecified atom stereocenters. The van der Waals surface area contributed by atoms with E-state index in [-0.39, 0.29) is 5.91 Å². The fourth-order valence-electron chi connectivity index (χ4n) is 2.91. The third-order valence-corrected chi connectivity index (χ3v) is 5.45. The summed E-state index contributed by atoms with van der Waals surface area (Å²) < 4.78 is -0.841. The van der Waals surface area contributed by atoms with Crippen LogP contribution in [0.15, 0.2) is 0 Å². The zero-order valence-electron chi connectivity index (χ0n) is 10.6. The lowest BCUT2D eigenvalue weighted by molar-refractivity contribution is -0.139. The molecule has 0 heterocycles. The first-order valence-electron chi connectivity index (χ1n) is 6.61. The van der Waals surface area contributed by atoms with Gasteiger partial charge in [-0.05, 0) is 33.1 Å². The number of alkyl halides is 2. The molecule has 2 aliphatic carbocycles. The summed E-state index contributed by atoms with van der Waals surface area (Å²) in [6.45, 7) is 4.70. The molecule has 2 rings (SSSR count). The van der Waals surface area contributed by atoms with E-state index in [0.29, 0.717) is 12.5 Å². The SMILES string of the molecule is CCN(C(=O)C1(C)CC1(Cl)Cl)C1CCCCC1. The van der Waals surface area contributed by atoms with Gasteiger partial charge in [0.25, 0.3) is 0 Å². The molecule has 2 aliphatic rings. The second-order valence-electron chi connectivity index (χ2n) is 5.60. The van der Waals surface area contributed by atoms with E-state index in [1.54, 1.807) is 0 Å². The number of amides is 1. The van der Waals surface area contributed by atoms with Crippen molar-refractivity contribution in [3.8, 4) is 0 Å². The van der Waals surface area contributed by atoms with Crippen molar-refractivity contribution in [2.45, 2.75) is 62.7 Å². The van der Waals surface area contributed by atoms with Crippen LogP contribution in [0.25, 0.3) is 0 Å². The Labute approximate surface area is 114 Å². The minimum atomic E-state index is -0.841. The molecule has 2 nitrogen and oxygen atoms in total. The minimum absolute atomic E-state index is 0.150. The number of hydrogen-bond acceptors (Lipinski definition) is 1. The molecule has 2 saturated carbocycles. The van der Waals surface area contributed by atoms with Crippen LogP contribution in [0.2, 0.25) is 0 Å². The van der Waals surface area contributed by atoms with Crippen LogP contribution in [-0.2, 0) is 4.79 Å². The smallest absolute Gasteiger partial charge is 0.231 e. The topological polar surface area (TPSA) is 20.3 Å². The molecule has 0 aromatic heterocycles. The van der Waals surface area contributed by atoms with Crippen molar-refractivity contribution in [2.75, 3.05) is 6.54 Å².